The van der Waals surface area contributed by atoms with E-state index in [9.17, 15) is 8.60 Å². The molecule has 0 bridgehead atoms. The van der Waals surface area contributed by atoms with Gasteiger partial charge < -0.3 is 9.47 Å². The van der Waals surface area contributed by atoms with E-state index < -0.39 is 21.3 Å². The van der Waals surface area contributed by atoms with Crippen LogP contribution in [0.2, 0.25) is 0 Å². The van der Waals surface area contributed by atoms with Gasteiger partial charge in [-0.2, -0.15) is 4.36 Å². The average molecular weight is 338 g/mol. The third-order valence-corrected chi connectivity index (χ3v) is 5.61. The Balaban J connectivity index is 2.28. The molecule has 0 spiro atoms. The maximum atomic E-state index is 13.6. The van der Waals surface area contributed by atoms with Crippen LogP contribution in [-0.2, 0) is 19.2 Å². The van der Waals surface area contributed by atoms with Crippen LogP contribution in [0, 0.1) is 5.82 Å². The third kappa shape index (κ3) is 2.59. The van der Waals surface area contributed by atoms with Crippen LogP contribution in [0.25, 0.3) is 0 Å². The van der Waals surface area contributed by atoms with Gasteiger partial charge in [0.15, 0.2) is 11.6 Å². The van der Waals surface area contributed by atoms with Crippen molar-refractivity contribution < 1.29 is 18.1 Å². The molecule has 1 aromatic rings. The summed E-state index contributed by atoms with van der Waals surface area (Å²) in [4.78, 5) is 0. The Hall–Kier alpha value is -0.500. The highest BCUT2D eigenvalue weighted by atomic mass is 79.9. The molecule has 1 aliphatic heterocycles. The van der Waals surface area contributed by atoms with Crippen molar-refractivity contribution in [2.45, 2.75) is 5.79 Å². The number of nitrogens with zero attached hydrogens (tertiary/aromatic N) is 1. The molecule has 0 atom stereocenters. The summed E-state index contributed by atoms with van der Waals surface area (Å²) in [6, 6.07) is 4.44. The number of ether oxygens (including phenoxy) is 2. The van der Waals surface area contributed by atoms with E-state index in [1.807, 2.05) is 0 Å². The van der Waals surface area contributed by atoms with Gasteiger partial charge in [0, 0.05) is 18.7 Å². The number of methoxy groups -OCH3 is 2. The predicted molar refractivity (Wildman–Crippen MR) is 70.8 cm³/mol. The molecule has 18 heavy (non-hydrogen) atoms. The lowest BCUT2D eigenvalue weighted by Crippen LogP contribution is -2.57. The van der Waals surface area contributed by atoms with Crippen LogP contribution >= 0.6 is 15.9 Å². The Morgan fingerprint density at radius 3 is 2.50 bits per heavy atom. The summed E-state index contributed by atoms with van der Waals surface area (Å²) in [5, 5.41) is 0. The summed E-state index contributed by atoms with van der Waals surface area (Å²) in [7, 11) is 0.488. The van der Waals surface area contributed by atoms with Gasteiger partial charge in [-0.25, -0.2) is 8.60 Å². The van der Waals surface area contributed by atoms with Crippen LogP contribution in [0.3, 0.4) is 0 Å². The van der Waals surface area contributed by atoms with Crippen LogP contribution < -0.4 is 0 Å². The van der Waals surface area contributed by atoms with Gasteiger partial charge in [-0.3, -0.25) is 0 Å². The number of rotatable bonds is 3. The molecule has 4 nitrogen and oxygen atoms in total. The van der Waals surface area contributed by atoms with Crippen molar-refractivity contribution in [2.75, 3.05) is 25.7 Å². The second-order valence-corrected chi connectivity index (χ2v) is 7.29. The van der Waals surface area contributed by atoms with Crippen molar-refractivity contribution in [2.24, 2.45) is 4.36 Å². The average Bonchev–Trinajstić information content (AvgIpc) is 2.29. The standard InChI is InChI=1S/C11H13BrFNO3S/c1-16-11(17-2)6-18(15,7-11)14-10-4-3-8(12)5-9(10)13/h3-5H,6-7H2,1-2H3. The van der Waals surface area contributed by atoms with E-state index in [-0.39, 0.29) is 17.2 Å². The first-order valence-electron chi connectivity index (χ1n) is 5.20. The third-order valence-electron chi connectivity index (χ3n) is 2.81. The molecule has 0 saturated carbocycles. The molecule has 1 aromatic carbocycles. The number of benzene rings is 1. The fraction of sp³-hybridized carbons (Fsp3) is 0.455. The quantitative estimate of drug-likeness (QED) is 0.796. The molecule has 1 saturated heterocycles. The smallest absolute Gasteiger partial charge is 0.192 e. The van der Waals surface area contributed by atoms with Gasteiger partial charge in [0.25, 0.3) is 0 Å². The van der Waals surface area contributed by atoms with Gasteiger partial charge in [-0.15, -0.1) is 0 Å². The number of hydrogen-bond donors (Lipinski definition) is 0. The molecular weight excluding hydrogens is 325 g/mol. The molecule has 1 fully saturated rings. The molecule has 0 aliphatic carbocycles. The van der Waals surface area contributed by atoms with Gasteiger partial charge >= 0.3 is 0 Å². The lowest BCUT2D eigenvalue weighted by Gasteiger charge is -2.40. The summed E-state index contributed by atoms with van der Waals surface area (Å²) in [6.07, 6.45) is 0. The number of halogens is 2. The highest BCUT2D eigenvalue weighted by Gasteiger charge is 2.48. The predicted octanol–water partition coefficient (Wildman–Crippen LogP) is 2.69. The SMILES string of the molecule is COC1(OC)CS(=O)(=Nc2ccc(Br)cc2F)C1. The Bertz CT molecular complexity index is 566. The van der Waals surface area contributed by atoms with Crippen LogP contribution in [-0.4, -0.2) is 35.7 Å². The molecule has 100 valence electrons. The molecule has 0 unspecified atom stereocenters. The second kappa shape index (κ2) is 4.88. The lowest BCUT2D eigenvalue weighted by molar-refractivity contribution is -0.182. The van der Waals surface area contributed by atoms with Crippen LogP contribution in [0.4, 0.5) is 10.1 Å². The highest BCUT2D eigenvalue weighted by molar-refractivity contribution is 9.10. The minimum Gasteiger partial charge on any atom is -0.351 e. The largest absolute Gasteiger partial charge is 0.351 e. The normalized spacial score (nSPS) is 20.2. The van der Waals surface area contributed by atoms with Gasteiger partial charge in [0.1, 0.15) is 5.69 Å². The van der Waals surface area contributed by atoms with Gasteiger partial charge in [0.05, 0.1) is 21.2 Å². The fourth-order valence-electron chi connectivity index (χ4n) is 1.76. The van der Waals surface area contributed by atoms with Crippen molar-refractivity contribution in [3.63, 3.8) is 0 Å². The first-order valence-corrected chi connectivity index (χ1v) is 7.84. The Morgan fingerprint density at radius 2 is 2.00 bits per heavy atom. The van der Waals surface area contributed by atoms with E-state index in [1.54, 1.807) is 6.07 Å². The summed E-state index contributed by atoms with van der Waals surface area (Å²) < 4.78 is 40.8. The summed E-state index contributed by atoms with van der Waals surface area (Å²) in [5.74, 6) is -1.03. The molecule has 2 rings (SSSR count). The zero-order chi connectivity index (χ0) is 13.4. The molecule has 0 amide bonds. The van der Waals surface area contributed by atoms with E-state index in [0.29, 0.717) is 4.47 Å². The van der Waals surface area contributed by atoms with Crippen molar-refractivity contribution in [3.8, 4) is 0 Å². The first kappa shape index (κ1) is 13.9. The number of hydrogen-bond acceptors (Lipinski definition) is 4. The first-order chi connectivity index (χ1) is 8.42. The van der Waals surface area contributed by atoms with Crippen LogP contribution in [0.15, 0.2) is 27.0 Å². The van der Waals surface area contributed by atoms with Crippen molar-refractivity contribution in [1.82, 2.24) is 0 Å². The van der Waals surface area contributed by atoms with Gasteiger partial charge in [-0.1, -0.05) is 15.9 Å². The minimum atomic E-state index is -2.49. The molecule has 0 N–H and O–H groups in total. The van der Waals surface area contributed by atoms with Crippen molar-refractivity contribution >= 4 is 31.3 Å². The van der Waals surface area contributed by atoms with Crippen molar-refractivity contribution in [1.29, 1.82) is 0 Å². The van der Waals surface area contributed by atoms with E-state index in [4.69, 9.17) is 9.47 Å². The van der Waals surface area contributed by atoms with E-state index in [2.05, 4.69) is 20.3 Å². The summed E-state index contributed by atoms with van der Waals surface area (Å²) >= 11 is 3.15. The molecule has 0 aromatic heterocycles. The molecule has 0 radical (unpaired) electrons. The van der Waals surface area contributed by atoms with E-state index in [0.717, 1.165) is 0 Å². The molecule has 7 heteroatoms. The second-order valence-electron chi connectivity index (χ2n) is 4.07. The van der Waals surface area contributed by atoms with Crippen LogP contribution in [0.1, 0.15) is 0 Å². The van der Waals surface area contributed by atoms with Crippen molar-refractivity contribution in [3.05, 3.63) is 28.5 Å². The monoisotopic (exact) mass is 337 g/mol. The topological polar surface area (TPSA) is 47.9 Å². The Labute approximate surface area is 114 Å². The van der Waals surface area contributed by atoms with E-state index >= 15 is 0 Å². The van der Waals surface area contributed by atoms with Gasteiger partial charge in [-0.05, 0) is 18.2 Å². The zero-order valence-corrected chi connectivity index (χ0v) is 12.4. The van der Waals surface area contributed by atoms with E-state index in [1.165, 1.54) is 26.4 Å². The Kier molecular flexibility index (Phi) is 3.77. The molecule has 1 aliphatic rings. The van der Waals surface area contributed by atoms with Crippen LogP contribution in [0.5, 0.6) is 0 Å². The fourth-order valence-corrected chi connectivity index (χ4v) is 4.49. The minimum absolute atomic E-state index is 0.101. The highest BCUT2D eigenvalue weighted by Crippen LogP contribution is 2.33. The molecule has 1 heterocycles. The summed E-state index contributed by atoms with van der Waals surface area (Å²) in [6.45, 7) is 0. The summed E-state index contributed by atoms with van der Waals surface area (Å²) in [5.41, 5.74) is 0.101. The lowest BCUT2D eigenvalue weighted by atomic mass is 10.3. The maximum absolute atomic E-state index is 13.6. The Morgan fingerprint density at radius 1 is 1.39 bits per heavy atom. The maximum Gasteiger partial charge on any atom is 0.192 e. The van der Waals surface area contributed by atoms with Gasteiger partial charge in [0.2, 0.25) is 0 Å². The zero-order valence-electron chi connectivity index (χ0n) is 9.98. The molecular formula is C11H13BrFNO3S.